The molecular formula is C25H46N6. The molecule has 0 saturated carbocycles. The predicted molar refractivity (Wildman–Crippen MR) is 132 cm³/mol. The Hall–Kier alpha value is -1.60. The molecule has 0 aliphatic rings. The van der Waals surface area contributed by atoms with Crippen LogP contribution in [-0.4, -0.2) is 47.4 Å². The highest BCUT2D eigenvalue weighted by atomic mass is 15.0. The summed E-state index contributed by atoms with van der Waals surface area (Å²) in [4.78, 5) is 0. The first kappa shape index (κ1) is 25.7. The van der Waals surface area contributed by atoms with E-state index in [0.717, 1.165) is 39.3 Å². The fourth-order valence-corrected chi connectivity index (χ4v) is 3.69. The highest BCUT2D eigenvalue weighted by Crippen LogP contribution is 2.01. The lowest BCUT2D eigenvalue weighted by molar-refractivity contribution is 0.472. The van der Waals surface area contributed by atoms with Crippen LogP contribution in [0.25, 0.3) is 0 Å². The van der Waals surface area contributed by atoms with E-state index < -0.39 is 0 Å². The van der Waals surface area contributed by atoms with Crippen LogP contribution in [0.4, 0.5) is 0 Å². The van der Waals surface area contributed by atoms with Crippen LogP contribution < -0.4 is 21.3 Å². The SMILES string of the molecule is CC(CCNCCCCCNCCC(C)NCc1cccn1C)NCc1cccn1C. The zero-order valence-electron chi connectivity index (χ0n) is 20.3. The van der Waals surface area contributed by atoms with Gasteiger partial charge in [-0.15, -0.1) is 0 Å². The third kappa shape index (κ3) is 11.0. The first-order valence-electron chi connectivity index (χ1n) is 12.1. The number of nitrogens with one attached hydrogen (secondary N) is 4. The van der Waals surface area contributed by atoms with Crippen LogP contribution in [0.3, 0.4) is 0 Å². The summed E-state index contributed by atoms with van der Waals surface area (Å²) in [5.41, 5.74) is 2.68. The van der Waals surface area contributed by atoms with Gasteiger partial charge in [0.05, 0.1) is 0 Å². The molecule has 0 bridgehead atoms. The van der Waals surface area contributed by atoms with Gasteiger partial charge in [-0.1, -0.05) is 6.42 Å². The maximum Gasteiger partial charge on any atom is 0.0361 e. The fraction of sp³-hybridized carbons (Fsp3) is 0.680. The van der Waals surface area contributed by atoms with Gasteiger partial charge in [0, 0.05) is 63.1 Å². The zero-order valence-corrected chi connectivity index (χ0v) is 20.3. The lowest BCUT2D eigenvalue weighted by Gasteiger charge is -2.15. The second-order valence-electron chi connectivity index (χ2n) is 8.92. The van der Waals surface area contributed by atoms with Crippen LogP contribution in [-0.2, 0) is 27.2 Å². The molecule has 0 aromatic carbocycles. The van der Waals surface area contributed by atoms with Crippen molar-refractivity contribution in [3.8, 4) is 0 Å². The highest BCUT2D eigenvalue weighted by molar-refractivity contribution is 5.06. The number of hydrogen-bond donors (Lipinski definition) is 4. The summed E-state index contributed by atoms with van der Waals surface area (Å²) in [6, 6.07) is 9.63. The van der Waals surface area contributed by atoms with Crippen LogP contribution >= 0.6 is 0 Å². The van der Waals surface area contributed by atoms with Gasteiger partial charge in [-0.3, -0.25) is 0 Å². The van der Waals surface area contributed by atoms with Gasteiger partial charge in [-0.25, -0.2) is 0 Å². The van der Waals surface area contributed by atoms with Gasteiger partial charge in [0.2, 0.25) is 0 Å². The number of rotatable bonds is 18. The molecule has 0 aliphatic heterocycles. The first-order chi connectivity index (χ1) is 15.1. The van der Waals surface area contributed by atoms with Crippen molar-refractivity contribution in [3.05, 3.63) is 48.0 Å². The molecule has 2 unspecified atom stereocenters. The zero-order chi connectivity index (χ0) is 22.3. The molecule has 176 valence electrons. The molecule has 4 N–H and O–H groups in total. The molecule has 2 heterocycles. The van der Waals surface area contributed by atoms with Gasteiger partial charge in [0.25, 0.3) is 0 Å². The molecular weight excluding hydrogens is 384 g/mol. The van der Waals surface area contributed by atoms with Crippen molar-refractivity contribution in [2.75, 3.05) is 26.2 Å². The van der Waals surface area contributed by atoms with E-state index in [9.17, 15) is 0 Å². The molecule has 2 atom stereocenters. The van der Waals surface area contributed by atoms with Crippen molar-refractivity contribution in [1.29, 1.82) is 0 Å². The van der Waals surface area contributed by atoms with Crippen LogP contribution in [0, 0.1) is 0 Å². The molecule has 0 saturated heterocycles. The van der Waals surface area contributed by atoms with Crippen molar-refractivity contribution >= 4 is 0 Å². The Morgan fingerprint density at radius 2 is 1.13 bits per heavy atom. The summed E-state index contributed by atoms with van der Waals surface area (Å²) < 4.78 is 4.35. The molecule has 2 rings (SSSR count). The van der Waals surface area contributed by atoms with Crippen LogP contribution in [0.1, 0.15) is 57.3 Å². The van der Waals surface area contributed by atoms with E-state index in [1.807, 2.05) is 0 Å². The second-order valence-corrected chi connectivity index (χ2v) is 8.92. The van der Waals surface area contributed by atoms with Crippen molar-refractivity contribution in [2.45, 2.75) is 71.1 Å². The van der Waals surface area contributed by atoms with Crippen molar-refractivity contribution < 1.29 is 0 Å². The van der Waals surface area contributed by atoms with Crippen molar-refractivity contribution in [3.63, 3.8) is 0 Å². The second kappa shape index (κ2) is 15.2. The van der Waals surface area contributed by atoms with E-state index in [4.69, 9.17) is 0 Å². The molecule has 2 aromatic heterocycles. The molecule has 0 fully saturated rings. The number of unbranched alkanes of at least 4 members (excludes halogenated alkanes) is 2. The quantitative estimate of drug-likeness (QED) is 0.275. The maximum atomic E-state index is 3.61. The minimum atomic E-state index is 0.538. The predicted octanol–water partition coefficient (Wildman–Crippen LogP) is 3.15. The monoisotopic (exact) mass is 430 g/mol. The smallest absolute Gasteiger partial charge is 0.0361 e. The fourth-order valence-electron chi connectivity index (χ4n) is 3.69. The highest BCUT2D eigenvalue weighted by Gasteiger charge is 2.04. The molecule has 31 heavy (non-hydrogen) atoms. The van der Waals surface area contributed by atoms with E-state index in [0.29, 0.717) is 12.1 Å². The Morgan fingerprint density at radius 1 is 0.677 bits per heavy atom. The van der Waals surface area contributed by atoms with E-state index in [2.05, 4.69) is 95.0 Å². The third-order valence-electron chi connectivity index (χ3n) is 6.08. The Bertz CT molecular complexity index is 634. The number of hydrogen-bond acceptors (Lipinski definition) is 4. The Morgan fingerprint density at radius 3 is 1.52 bits per heavy atom. The Labute approximate surface area is 190 Å². The number of nitrogens with zero attached hydrogens (tertiary/aromatic N) is 2. The van der Waals surface area contributed by atoms with Crippen LogP contribution in [0.5, 0.6) is 0 Å². The molecule has 0 aliphatic carbocycles. The van der Waals surface area contributed by atoms with Crippen LogP contribution in [0.15, 0.2) is 36.7 Å². The molecule has 0 spiro atoms. The standard InChI is InChI=1S/C25H46N6/c1-22(28-20-24-10-8-18-30(24)3)12-16-26-14-6-5-7-15-27-17-13-23(2)29-21-25-11-9-19-31(25)4/h8-11,18-19,22-23,26-29H,5-7,12-17,20-21H2,1-4H3. The van der Waals surface area contributed by atoms with Crippen molar-refractivity contribution in [1.82, 2.24) is 30.4 Å². The molecule has 0 amide bonds. The van der Waals surface area contributed by atoms with E-state index in [1.54, 1.807) is 0 Å². The van der Waals surface area contributed by atoms with Gasteiger partial charge in [0.1, 0.15) is 0 Å². The van der Waals surface area contributed by atoms with E-state index in [1.165, 1.54) is 43.5 Å². The Balaban J connectivity index is 1.32. The molecule has 2 aromatic rings. The largest absolute Gasteiger partial charge is 0.353 e. The lowest BCUT2D eigenvalue weighted by atomic mass is 10.2. The number of aromatic nitrogens is 2. The summed E-state index contributed by atoms with van der Waals surface area (Å²) in [7, 11) is 4.20. The summed E-state index contributed by atoms with van der Waals surface area (Å²) in [6.07, 6.45) is 10.4. The van der Waals surface area contributed by atoms with Gasteiger partial charge in [-0.2, -0.15) is 0 Å². The first-order valence-corrected chi connectivity index (χ1v) is 12.1. The topological polar surface area (TPSA) is 58.0 Å². The average Bonchev–Trinajstić information content (AvgIpc) is 3.36. The average molecular weight is 431 g/mol. The third-order valence-corrected chi connectivity index (χ3v) is 6.08. The normalized spacial score (nSPS) is 13.5. The summed E-state index contributed by atoms with van der Waals surface area (Å²) in [5.74, 6) is 0. The summed E-state index contributed by atoms with van der Waals surface area (Å²) >= 11 is 0. The van der Waals surface area contributed by atoms with E-state index >= 15 is 0 Å². The van der Waals surface area contributed by atoms with Gasteiger partial charge < -0.3 is 30.4 Å². The Kier molecular flexibility index (Phi) is 12.6. The number of aryl methyl sites for hydroxylation is 2. The molecule has 0 radical (unpaired) electrons. The van der Waals surface area contributed by atoms with Crippen molar-refractivity contribution in [2.24, 2.45) is 14.1 Å². The van der Waals surface area contributed by atoms with E-state index in [-0.39, 0.29) is 0 Å². The lowest BCUT2D eigenvalue weighted by Crippen LogP contribution is -2.30. The summed E-state index contributed by atoms with van der Waals surface area (Å²) in [5, 5.41) is 14.4. The van der Waals surface area contributed by atoms with Crippen LogP contribution in [0.2, 0.25) is 0 Å². The maximum absolute atomic E-state index is 3.61. The minimum Gasteiger partial charge on any atom is -0.353 e. The van der Waals surface area contributed by atoms with Gasteiger partial charge in [-0.05, 0) is 90.0 Å². The van der Waals surface area contributed by atoms with Gasteiger partial charge in [0.15, 0.2) is 0 Å². The summed E-state index contributed by atoms with van der Waals surface area (Å²) in [6.45, 7) is 10.9. The molecule has 6 heteroatoms. The molecule has 6 nitrogen and oxygen atoms in total. The minimum absolute atomic E-state index is 0.538. The van der Waals surface area contributed by atoms with Gasteiger partial charge >= 0.3 is 0 Å².